The first-order valence-corrected chi connectivity index (χ1v) is 7.76. The van der Waals surface area contributed by atoms with Gasteiger partial charge in [0.2, 0.25) is 0 Å². The average Bonchev–Trinajstić information content (AvgIpc) is 2.77. The Hall–Kier alpha value is -1.26. The predicted octanol–water partition coefficient (Wildman–Crippen LogP) is 1.69. The van der Waals surface area contributed by atoms with E-state index in [1.165, 1.54) is 19.3 Å². The van der Waals surface area contributed by atoms with E-state index in [0.717, 1.165) is 11.8 Å². The van der Waals surface area contributed by atoms with Gasteiger partial charge in [-0.05, 0) is 48.9 Å². The van der Waals surface area contributed by atoms with Crippen LogP contribution in [0.15, 0.2) is 0 Å². The Bertz CT molecular complexity index is 407. The van der Waals surface area contributed by atoms with Gasteiger partial charge in [-0.1, -0.05) is 13.8 Å². The standard InChI is InChI=1S/C15H24N2O3/c1-7(2)10(14(18)19)6-16-15(20)17-13-11-8-3-4-9(5-8)12(11)13/h7-13H,3-6H2,1-2H3,(H,18,19)(H2,16,17,20). The Labute approximate surface area is 119 Å². The molecule has 0 radical (unpaired) electrons. The van der Waals surface area contributed by atoms with E-state index in [0.29, 0.717) is 17.9 Å². The molecule has 0 aromatic carbocycles. The van der Waals surface area contributed by atoms with Gasteiger partial charge in [0.25, 0.3) is 0 Å². The number of urea groups is 1. The van der Waals surface area contributed by atoms with Crippen LogP contribution >= 0.6 is 0 Å². The van der Waals surface area contributed by atoms with Crippen molar-refractivity contribution in [1.82, 2.24) is 10.6 Å². The molecule has 3 rings (SSSR count). The summed E-state index contributed by atoms with van der Waals surface area (Å²) >= 11 is 0. The van der Waals surface area contributed by atoms with Crippen LogP contribution in [-0.4, -0.2) is 29.7 Å². The maximum atomic E-state index is 11.9. The quantitative estimate of drug-likeness (QED) is 0.717. The zero-order valence-electron chi connectivity index (χ0n) is 12.1. The summed E-state index contributed by atoms with van der Waals surface area (Å²) in [4.78, 5) is 23.0. The van der Waals surface area contributed by atoms with Gasteiger partial charge in [0.15, 0.2) is 0 Å². The van der Waals surface area contributed by atoms with Gasteiger partial charge in [0.05, 0.1) is 5.92 Å². The molecule has 112 valence electrons. The van der Waals surface area contributed by atoms with E-state index in [2.05, 4.69) is 10.6 Å². The first kappa shape index (κ1) is 13.7. The van der Waals surface area contributed by atoms with Gasteiger partial charge in [-0.15, -0.1) is 0 Å². The Morgan fingerprint density at radius 1 is 1.20 bits per heavy atom. The molecule has 3 saturated carbocycles. The molecule has 3 aliphatic carbocycles. The fourth-order valence-electron chi connectivity index (χ4n) is 4.53. The van der Waals surface area contributed by atoms with Crippen molar-refractivity contribution >= 4 is 12.0 Å². The molecule has 20 heavy (non-hydrogen) atoms. The third kappa shape index (κ3) is 2.27. The van der Waals surface area contributed by atoms with Gasteiger partial charge >= 0.3 is 12.0 Å². The molecule has 2 bridgehead atoms. The highest BCUT2D eigenvalue weighted by atomic mass is 16.4. The first-order chi connectivity index (χ1) is 9.49. The van der Waals surface area contributed by atoms with Gasteiger partial charge in [-0.25, -0.2) is 4.79 Å². The molecule has 5 nitrogen and oxygen atoms in total. The van der Waals surface area contributed by atoms with Crippen molar-refractivity contribution in [2.45, 2.75) is 39.2 Å². The van der Waals surface area contributed by atoms with Crippen LogP contribution in [0.25, 0.3) is 0 Å². The number of hydrogen-bond acceptors (Lipinski definition) is 2. The highest BCUT2D eigenvalue weighted by molar-refractivity contribution is 5.76. The number of aliphatic carboxylic acids is 1. The fourth-order valence-corrected chi connectivity index (χ4v) is 4.53. The van der Waals surface area contributed by atoms with Crippen LogP contribution in [-0.2, 0) is 4.79 Å². The Kier molecular flexibility index (Phi) is 3.38. The number of carboxylic acid groups (broad SMARTS) is 1. The number of carboxylic acids is 1. The third-order valence-electron chi connectivity index (χ3n) is 5.64. The normalized spacial score (nSPS) is 38.5. The van der Waals surface area contributed by atoms with Crippen molar-refractivity contribution in [3.8, 4) is 0 Å². The lowest BCUT2D eigenvalue weighted by atomic mass is 9.96. The molecule has 3 N–H and O–H groups in total. The summed E-state index contributed by atoms with van der Waals surface area (Å²) in [6.45, 7) is 3.93. The summed E-state index contributed by atoms with van der Waals surface area (Å²) in [5.41, 5.74) is 0. The molecule has 2 amide bonds. The van der Waals surface area contributed by atoms with Crippen LogP contribution in [0, 0.1) is 35.5 Å². The zero-order chi connectivity index (χ0) is 14.4. The van der Waals surface area contributed by atoms with E-state index >= 15 is 0 Å². The van der Waals surface area contributed by atoms with Crippen LogP contribution in [0.2, 0.25) is 0 Å². The fraction of sp³-hybridized carbons (Fsp3) is 0.867. The second-order valence-electron chi connectivity index (χ2n) is 7.06. The van der Waals surface area contributed by atoms with Crippen molar-refractivity contribution in [3.05, 3.63) is 0 Å². The van der Waals surface area contributed by atoms with Crippen molar-refractivity contribution in [2.75, 3.05) is 6.54 Å². The van der Waals surface area contributed by atoms with Gasteiger partial charge < -0.3 is 15.7 Å². The van der Waals surface area contributed by atoms with Gasteiger partial charge in [0, 0.05) is 12.6 Å². The number of nitrogens with one attached hydrogen (secondary N) is 2. The molecule has 5 unspecified atom stereocenters. The minimum Gasteiger partial charge on any atom is -0.481 e. The molecule has 0 aromatic heterocycles. The molecule has 5 atom stereocenters. The molecule has 0 heterocycles. The number of hydrogen-bond donors (Lipinski definition) is 3. The highest BCUT2D eigenvalue weighted by Crippen LogP contribution is 2.65. The lowest BCUT2D eigenvalue weighted by Gasteiger charge is -2.17. The van der Waals surface area contributed by atoms with Crippen LogP contribution < -0.4 is 10.6 Å². The van der Waals surface area contributed by atoms with Crippen LogP contribution in [0.1, 0.15) is 33.1 Å². The topological polar surface area (TPSA) is 78.4 Å². The molecule has 3 aliphatic rings. The number of carbonyl (C=O) groups is 2. The molecule has 3 fully saturated rings. The van der Waals surface area contributed by atoms with E-state index in [4.69, 9.17) is 5.11 Å². The Balaban J connectivity index is 1.44. The molecule has 0 saturated heterocycles. The van der Waals surface area contributed by atoms with E-state index in [9.17, 15) is 9.59 Å². The van der Waals surface area contributed by atoms with Crippen LogP contribution in [0.4, 0.5) is 4.79 Å². The number of rotatable bonds is 5. The lowest BCUT2D eigenvalue weighted by molar-refractivity contribution is -0.142. The molecule has 5 heteroatoms. The Morgan fingerprint density at radius 2 is 1.80 bits per heavy atom. The SMILES string of the molecule is CC(C)C(CNC(=O)NC1C2C3CCC(C3)C12)C(=O)O. The summed E-state index contributed by atoms with van der Waals surface area (Å²) in [7, 11) is 0. The predicted molar refractivity (Wildman–Crippen MR) is 74.1 cm³/mol. The van der Waals surface area contributed by atoms with Crippen LogP contribution in [0.5, 0.6) is 0 Å². The van der Waals surface area contributed by atoms with Gasteiger partial charge in [-0.3, -0.25) is 4.79 Å². The minimum atomic E-state index is -0.846. The largest absolute Gasteiger partial charge is 0.481 e. The maximum Gasteiger partial charge on any atom is 0.315 e. The number of carbonyl (C=O) groups excluding carboxylic acids is 1. The second kappa shape index (κ2) is 4.93. The molecule has 0 aromatic rings. The highest BCUT2D eigenvalue weighted by Gasteiger charge is 2.65. The summed E-state index contributed by atoms with van der Waals surface area (Å²) in [5, 5.41) is 14.9. The average molecular weight is 280 g/mol. The monoisotopic (exact) mass is 280 g/mol. The number of fused-ring (bicyclic) bond motifs is 5. The zero-order valence-corrected chi connectivity index (χ0v) is 12.1. The Morgan fingerprint density at radius 3 is 2.30 bits per heavy atom. The molecule has 0 aliphatic heterocycles. The summed E-state index contributed by atoms with van der Waals surface area (Å²) in [6.07, 6.45) is 4.03. The van der Waals surface area contributed by atoms with E-state index in [1.54, 1.807) is 0 Å². The van der Waals surface area contributed by atoms with Gasteiger partial charge in [-0.2, -0.15) is 0 Å². The maximum absolute atomic E-state index is 11.9. The third-order valence-corrected chi connectivity index (χ3v) is 5.64. The molecule has 0 spiro atoms. The van der Waals surface area contributed by atoms with Crippen molar-refractivity contribution in [2.24, 2.45) is 35.5 Å². The molecular weight excluding hydrogens is 256 g/mol. The van der Waals surface area contributed by atoms with E-state index in [1.807, 2.05) is 13.8 Å². The lowest BCUT2D eigenvalue weighted by Crippen LogP contribution is -2.43. The molecular formula is C15H24N2O3. The number of amides is 2. The van der Waals surface area contributed by atoms with E-state index < -0.39 is 11.9 Å². The van der Waals surface area contributed by atoms with Gasteiger partial charge in [0.1, 0.15) is 0 Å². The summed E-state index contributed by atoms with van der Waals surface area (Å²) < 4.78 is 0. The first-order valence-electron chi connectivity index (χ1n) is 7.76. The van der Waals surface area contributed by atoms with Crippen LogP contribution in [0.3, 0.4) is 0 Å². The van der Waals surface area contributed by atoms with Crippen molar-refractivity contribution in [1.29, 1.82) is 0 Å². The van der Waals surface area contributed by atoms with Crippen molar-refractivity contribution < 1.29 is 14.7 Å². The van der Waals surface area contributed by atoms with Crippen molar-refractivity contribution in [3.63, 3.8) is 0 Å². The summed E-state index contributed by atoms with van der Waals surface area (Å²) in [5.74, 6) is 1.73. The van der Waals surface area contributed by atoms with E-state index in [-0.39, 0.29) is 18.5 Å². The smallest absolute Gasteiger partial charge is 0.315 e. The minimum absolute atomic E-state index is 0.0175. The summed E-state index contributed by atoms with van der Waals surface area (Å²) in [6, 6.07) is 0.152. The second-order valence-corrected chi connectivity index (χ2v) is 7.06.